The quantitative estimate of drug-likeness (QED) is 0.402. The number of benzene rings is 1. The molecule has 2 radical (unpaired) electrons. The number of carbonyl (C=O) groups excluding carboxylic acids is 2. The van der Waals surface area contributed by atoms with Gasteiger partial charge in [0.2, 0.25) is 0 Å². The van der Waals surface area contributed by atoms with Crippen LogP contribution in [0, 0.1) is 6.08 Å². The Hall–Kier alpha value is -1.20. The molecule has 0 unspecified atom stereocenters. The molecule has 0 amide bonds. The van der Waals surface area contributed by atoms with Crippen LogP contribution in [0.25, 0.3) is 5.76 Å². The van der Waals surface area contributed by atoms with E-state index in [4.69, 9.17) is 19.7 Å². The molecule has 0 saturated carbocycles. The molecular weight excluding hydrogens is 437 g/mol. The Morgan fingerprint density at radius 2 is 1.74 bits per heavy atom. The Morgan fingerprint density at radius 3 is 2.11 bits per heavy atom. The number of hydrogen-bond donors (Lipinski definition) is 1. The van der Waals surface area contributed by atoms with Crippen LogP contribution in [0.2, 0.25) is 0 Å². The fourth-order valence-corrected chi connectivity index (χ4v) is 1.00. The van der Waals surface area contributed by atoms with Crippen LogP contribution in [0.3, 0.4) is 0 Å². The maximum absolute atomic E-state index is 10.7. The number of carbonyl (C=O) groups is 2. The first kappa shape index (κ1) is 20.1. The maximum Gasteiger partial charge on any atom is 1.00 e. The van der Waals surface area contributed by atoms with Gasteiger partial charge in [-0.2, -0.15) is 0 Å². The van der Waals surface area contributed by atoms with E-state index in [1.165, 1.54) is 6.92 Å². The van der Waals surface area contributed by atoms with Crippen LogP contribution < -0.4 is 5.11 Å². The van der Waals surface area contributed by atoms with Crippen LogP contribution in [-0.4, -0.2) is 23.7 Å². The molecular formula is C13H14HgO5. The molecule has 0 aliphatic rings. The summed E-state index contributed by atoms with van der Waals surface area (Å²) in [6, 6.07) is 9.05. The van der Waals surface area contributed by atoms with Gasteiger partial charge in [-0.05, 0) is 6.92 Å². The second kappa shape index (κ2) is 11.9. The van der Waals surface area contributed by atoms with Crippen molar-refractivity contribution < 1.29 is 52.2 Å². The molecule has 0 saturated heterocycles. The summed E-state index contributed by atoms with van der Waals surface area (Å²) in [5.74, 6) is -1.24. The number of carboxylic acid groups (broad SMARTS) is 1. The van der Waals surface area contributed by atoms with Gasteiger partial charge in [0.1, 0.15) is 5.76 Å². The summed E-state index contributed by atoms with van der Waals surface area (Å²) in [6.07, 6.45) is 2.56. The minimum absolute atomic E-state index is 0. The first-order valence-corrected chi connectivity index (χ1v) is 5.10. The molecule has 5 nitrogen and oxygen atoms in total. The first-order chi connectivity index (χ1) is 8.47. The monoisotopic (exact) mass is 452 g/mol. The SMILES string of the molecule is CC(=O)OC(=[C]CO)c1ccccc1.CC(=O)[O-].[Hg+]. The van der Waals surface area contributed by atoms with E-state index in [0.717, 1.165) is 12.5 Å². The summed E-state index contributed by atoms with van der Waals surface area (Å²) in [6.45, 7) is 2.00. The Labute approximate surface area is 132 Å². The summed E-state index contributed by atoms with van der Waals surface area (Å²) in [7, 11) is 0. The van der Waals surface area contributed by atoms with Gasteiger partial charge in [-0.25, -0.2) is 0 Å². The van der Waals surface area contributed by atoms with Crippen molar-refractivity contribution in [2.75, 3.05) is 6.61 Å². The zero-order chi connectivity index (χ0) is 14.0. The van der Waals surface area contributed by atoms with Crippen molar-refractivity contribution in [3.8, 4) is 0 Å². The summed E-state index contributed by atoms with van der Waals surface area (Å²) in [4.78, 5) is 19.6. The smallest absolute Gasteiger partial charge is 0.550 e. The molecule has 19 heavy (non-hydrogen) atoms. The van der Waals surface area contributed by atoms with Crippen LogP contribution >= 0.6 is 0 Å². The van der Waals surface area contributed by atoms with Crippen LogP contribution in [0.4, 0.5) is 0 Å². The van der Waals surface area contributed by atoms with E-state index in [1.807, 2.05) is 18.2 Å². The molecule has 0 spiro atoms. The molecule has 1 N–H and O–H groups in total. The van der Waals surface area contributed by atoms with Crippen molar-refractivity contribution in [3.05, 3.63) is 42.0 Å². The van der Waals surface area contributed by atoms with Crippen molar-refractivity contribution >= 4 is 17.7 Å². The van der Waals surface area contributed by atoms with Gasteiger partial charge < -0.3 is 19.7 Å². The molecule has 0 aliphatic heterocycles. The summed E-state index contributed by atoms with van der Waals surface area (Å²) < 4.78 is 4.88. The van der Waals surface area contributed by atoms with Gasteiger partial charge in [0.25, 0.3) is 0 Å². The molecule has 0 fully saturated rings. The molecule has 0 heterocycles. The van der Waals surface area contributed by atoms with Gasteiger partial charge in [0.05, 0.1) is 6.61 Å². The molecule has 6 heteroatoms. The first-order valence-electron chi connectivity index (χ1n) is 5.10. The average Bonchev–Trinajstić information content (AvgIpc) is 2.28. The van der Waals surface area contributed by atoms with E-state index in [9.17, 15) is 4.79 Å². The van der Waals surface area contributed by atoms with Crippen molar-refractivity contribution in [2.45, 2.75) is 13.8 Å². The number of hydrogen-bond acceptors (Lipinski definition) is 5. The third-order valence-electron chi connectivity index (χ3n) is 1.52. The number of carboxylic acids is 1. The Morgan fingerprint density at radius 1 is 1.26 bits per heavy atom. The Balaban J connectivity index is 0. The predicted molar refractivity (Wildman–Crippen MR) is 62.6 cm³/mol. The molecule has 0 aromatic heterocycles. The zero-order valence-corrected chi connectivity index (χ0v) is 16.4. The van der Waals surface area contributed by atoms with Crippen LogP contribution in [0.1, 0.15) is 19.4 Å². The number of rotatable bonds is 3. The zero-order valence-electron chi connectivity index (χ0n) is 10.9. The number of aliphatic carboxylic acids is 1. The summed E-state index contributed by atoms with van der Waals surface area (Å²) in [5.41, 5.74) is 0.719. The summed E-state index contributed by atoms with van der Waals surface area (Å²) >= 11 is 0. The fraction of sp³-hybridized carbons (Fsp3) is 0.231. The Kier molecular flexibility index (Phi) is 12.6. The van der Waals surface area contributed by atoms with E-state index in [1.54, 1.807) is 12.1 Å². The van der Waals surface area contributed by atoms with Gasteiger partial charge in [0, 0.05) is 24.5 Å². The third-order valence-corrected chi connectivity index (χ3v) is 1.52. The molecule has 0 aliphatic carbocycles. The van der Waals surface area contributed by atoms with Gasteiger partial charge >= 0.3 is 33.6 Å². The summed E-state index contributed by atoms with van der Waals surface area (Å²) in [5, 5.41) is 17.6. The Bertz CT molecular complexity index is 410. The van der Waals surface area contributed by atoms with Crippen LogP contribution in [0.15, 0.2) is 30.3 Å². The normalized spacial score (nSPS) is 9.53. The second-order valence-corrected chi connectivity index (χ2v) is 3.12. The second-order valence-electron chi connectivity index (χ2n) is 3.12. The van der Waals surface area contributed by atoms with Crippen molar-refractivity contribution in [1.29, 1.82) is 0 Å². The van der Waals surface area contributed by atoms with Gasteiger partial charge in [0.15, 0.2) is 0 Å². The van der Waals surface area contributed by atoms with Crippen molar-refractivity contribution in [3.63, 3.8) is 0 Å². The topological polar surface area (TPSA) is 86.7 Å². The van der Waals surface area contributed by atoms with E-state index >= 15 is 0 Å². The number of aliphatic hydroxyl groups excluding tert-OH is 1. The van der Waals surface area contributed by atoms with Gasteiger partial charge in [-0.15, -0.1) is 0 Å². The number of aliphatic hydroxyl groups is 1. The fourth-order valence-electron chi connectivity index (χ4n) is 1.00. The van der Waals surface area contributed by atoms with E-state index < -0.39 is 11.9 Å². The largest absolute Gasteiger partial charge is 1.00 e. The van der Waals surface area contributed by atoms with Crippen LogP contribution in [0.5, 0.6) is 0 Å². The van der Waals surface area contributed by atoms with Gasteiger partial charge in [-0.1, -0.05) is 30.3 Å². The molecule has 1 aromatic rings. The van der Waals surface area contributed by atoms with E-state index in [2.05, 4.69) is 6.08 Å². The standard InChI is InChI=1S/C11H11O3.C2H4O2.Hg/c1-9(13)14-11(7-8-12)10-5-3-2-4-6-10;1-2(3)4;/h2-6,12H,8H2,1H3;1H3,(H,3,4);/q;;+1/p-1. The van der Waals surface area contributed by atoms with Crippen LogP contribution in [-0.2, 0) is 42.0 Å². The van der Waals surface area contributed by atoms with E-state index in [0.29, 0.717) is 0 Å². The number of esters is 1. The van der Waals surface area contributed by atoms with E-state index in [-0.39, 0.29) is 40.0 Å². The molecule has 1 rings (SSSR count). The molecule has 1 aromatic carbocycles. The molecule has 98 valence electrons. The molecule has 0 bridgehead atoms. The third kappa shape index (κ3) is 11.6. The minimum atomic E-state index is -1.08. The number of ether oxygens (including phenoxy) is 1. The minimum Gasteiger partial charge on any atom is -0.550 e. The molecule has 0 atom stereocenters. The predicted octanol–water partition coefficient (Wildman–Crippen LogP) is 0.140. The van der Waals surface area contributed by atoms with Crippen molar-refractivity contribution in [2.24, 2.45) is 0 Å². The average molecular weight is 451 g/mol. The van der Waals surface area contributed by atoms with Crippen molar-refractivity contribution in [1.82, 2.24) is 0 Å². The van der Waals surface area contributed by atoms with Gasteiger partial charge in [-0.3, -0.25) is 4.79 Å². The maximum atomic E-state index is 10.7.